The molecule has 0 aliphatic rings. The zero-order chi connectivity index (χ0) is 14.5. The van der Waals surface area contributed by atoms with E-state index >= 15 is 0 Å². The molecule has 4 nitrogen and oxygen atoms in total. The fourth-order valence-corrected chi connectivity index (χ4v) is 2.48. The van der Waals surface area contributed by atoms with E-state index in [9.17, 15) is 0 Å². The fourth-order valence-electron chi connectivity index (χ4n) is 1.88. The number of methoxy groups -OCH3 is 1. The third-order valence-corrected chi connectivity index (χ3v) is 3.78. The van der Waals surface area contributed by atoms with Gasteiger partial charge in [0.25, 0.3) is 0 Å². The van der Waals surface area contributed by atoms with E-state index in [4.69, 9.17) is 4.74 Å². The van der Waals surface area contributed by atoms with Gasteiger partial charge in [0.1, 0.15) is 11.6 Å². The molecule has 2 rings (SSSR count). The third-order valence-electron chi connectivity index (χ3n) is 2.95. The molecule has 0 atom stereocenters. The molecule has 1 aromatic carbocycles. The Morgan fingerprint density at radius 2 is 1.85 bits per heavy atom. The van der Waals surface area contributed by atoms with Crippen molar-refractivity contribution in [2.75, 3.05) is 19.0 Å². The Balaban J connectivity index is 2.46. The molecule has 20 heavy (non-hydrogen) atoms. The predicted molar refractivity (Wildman–Crippen MR) is 85.3 cm³/mol. The number of nitrogens with one attached hydrogen (secondary N) is 1. The molecular weight excluding hydrogens is 318 g/mol. The van der Waals surface area contributed by atoms with E-state index in [0.29, 0.717) is 0 Å². The molecule has 106 valence electrons. The summed E-state index contributed by atoms with van der Waals surface area (Å²) in [6.45, 7) is 4.95. The molecule has 1 aromatic heterocycles. The Bertz CT molecular complexity index is 584. The van der Waals surface area contributed by atoms with Gasteiger partial charge in [0.05, 0.1) is 17.3 Å². The molecule has 0 amide bonds. The predicted octanol–water partition coefficient (Wildman–Crippen LogP) is 3.91. The maximum Gasteiger partial charge on any atom is 0.161 e. The standard InChI is InChI=1S/C15H18BrN3O/c1-4-12-13(16)15(17-5-2)19-14(18-12)10-6-8-11(20-3)9-7-10/h6-9H,4-5H2,1-3H3,(H,17,18,19). The van der Waals surface area contributed by atoms with Gasteiger partial charge in [-0.2, -0.15) is 0 Å². The summed E-state index contributed by atoms with van der Waals surface area (Å²) in [5.74, 6) is 2.39. The van der Waals surface area contributed by atoms with Gasteiger partial charge in [0.2, 0.25) is 0 Å². The van der Waals surface area contributed by atoms with Crippen LogP contribution in [0.4, 0.5) is 5.82 Å². The second-order valence-electron chi connectivity index (χ2n) is 4.27. The summed E-state index contributed by atoms with van der Waals surface area (Å²) in [5, 5.41) is 3.26. The average Bonchev–Trinajstić information content (AvgIpc) is 2.49. The first-order valence-corrected chi connectivity index (χ1v) is 7.43. The van der Waals surface area contributed by atoms with E-state index in [1.807, 2.05) is 31.2 Å². The van der Waals surface area contributed by atoms with Crippen LogP contribution in [0.5, 0.6) is 5.75 Å². The molecule has 0 radical (unpaired) electrons. The lowest BCUT2D eigenvalue weighted by molar-refractivity contribution is 0.415. The summed E-state index contributed by atoms with van der Waals surface area (Å²) in [5.41, 5.74) is 1.98. The Hall–Kier alpha value is -1.62. The molecule has 0 fully saturated rings. The summed E-state index contributed by atoms with van der Waals surface area (Å²) in [6, 6.07) is 7.77. The number of benzene rings is 1. The summed E-state index contributed by atoms with van der Waals surface area (Å²) in [4.78, 5) is 9.21. The van der Waals surface area contributed by atoms with Crippen molar-refractivity contribution in [3.63, 3.8) is 0 Å². The number of ether oxygens (including phenoxy) is 1. The van der Waals surface area contributed by atoms with Crippen molar-refractivity contribution in [1.29, 1.82) is 0 Å². The summed E-state index contributed by atoms with van der Waals surface area (Å²) >= 11 is 3.56. The monoisotopic (exact) mass is 335 g/mol. The quantitative estimate of drug-likeness (QED) is 0.899. The van der Waals surface area contributed by atoms with Crippen LogP contribution in [0.15, 0.2) is 28.7 Å². The number of hydrogen-bond donors (Lipinski definition) is 1. The molecule has 1 N–H and O–H groups in total. The number of nitrogens with zero attached hydrogens (tertiary/aromatic N) is 2. The first kappa shape index (κ1) is 14.8. The molecule has 1 heterocycles. The summed E-state index contributed by atoms with van der Waals surface area (Å²) in [6.07, 6.45) is 0.852. The highest BCUT2D eigenvalue weighted by molar-refractivity contribution is 9.10. The van der Waals surface area contributed by atoms with Gasteiger partial charge in [-0.25, -0.2) is 9.97 Å². The molecule has 2 aromatic rings. The van der Waals surface area contributed by atoms with Gasteiger partial charge in [-0.15, -0.1) is 0 Å². The van der Waals surface area contributed by atoms with Crippen LogP contribution in [0, 0.1) is 0 Å². The van der Waals surface area contributed by atoms with Gasteiger partial charge in [0, 0.05) is 12.1 Å². The Morgan fingerprint density at radius 3 is 2.40 bits per heavy atom. The number of aryl methyl sites for hydroxylation is 1. The molecule has 0 aliphatic carbocycles. The lowest BCUT2D eigenvalue weighted by atomic mass is 10.2. The van der Waals surface area contributed by atoms with Crippen LogP contribution in [0.25, 0.3) is 11.4 Å². The normalized spacial score (nSPS) is 10.4. The Kier molecular flexibility index (Phi) is 4.95. The van der Waals surface area contributed by atoms with E-state index < -0.39 is 0 Å². The molecule has 5 heteroatoms. The van der Waals surface area contributed by atoms with E-state index in [2.05, 4.69) is 38.1 Å². The Labute approximate surface area is 127 Å². The highest BCUT2D eigenvalue weighted by Gasteiger charge is 2.12. The van der Waals surface area contributed by atoms with E-state index in [1.54, 1.807) is 7.11 Å². The van der Waals surface area contributed by atoms with E-state index in [1.165, 1.54) is 0 Å². The van der Waals surface area contributed by atoms with Crippen LogP contribution in [0.1, 0.15) is 19.5 Å². The topological polar surface area (TPSA) is 47.0 Å². The van der Waals surface area contributed by atoms with Crippen molar-refractivity contribution in [3.05, 3.63) is 34.4 Å². The lowest BCUT2D eigenvalue weighted by Crippen LogP contribution is -2.05. The fraction of sp³-hybridized carbons (Fsp3) is 0.333. The zero-order valence-corrected chi connectivity index (χ0v) is 13.5. The van der Waals surface area contributed by atoms with Crippen molar-refractivity contribution < 1.29 is 4.74 Å². The molecule has 0 unspecified atom stereocenters. The maximum absolute atomic E-state index is 5.17. The SMILES string of the molecule is CCNc1nc(-c2ccc(OC)cc2)nc(CC)c1Br. The first-order chi connectivity index (χ1) is 9.69. The van der Waals surface area contributed by atoms with Crippen molar-refractivity contribution >= 4 is 21.7 Å². The van der Waals surface area contributed by atoms with Crippen LogP contribution in [-0.2, 0) is 6.42 Å². The molecule has 0 spiro atoms. The number of rotatable bonds is 5. The molecule has 0 bridgehead atoms. The number of aromatic nitrogens is 2. The Morgan fingerprint density at radius 1 is 1.15 bits per heavy atom. The van der Waals surface area contributed by atoms with Crippen LogP contribution >= 0.6 is 15.9 Å². The number of halogens is 1. The van der Waals surface area contributed by atoms with Crippen molar-refractivity contribution in [1.82, 2.24) is 9.97 Å². The van der Waals surface area contributed by atoms with Gasteiger partial charge in [0.15, 0.2) is 5.82 Å². The number of anilines is 1. The van der Waals surface area contributed by atoms with Gasteiger partial charge >= 0.3 is 0 Å². The molecular formula is C15H18BrN3O. The third kappa shape index (κ3) is 3.10. The van der Waals surface area contributed by atoms with Gasteiger partial charge in [-0.1, -0.05) is 6.92 Å². The minimum Gasteiger partial charge on any atom is -0.497 e. The second-order valence-corrected chi connectivity index (χ2v) is 5.06. The van der Waals surface area contributed by atoms with Crippen LogP contribution in [0.3, 0.4) is 0 Å². The number of hydrogen-bond acceptors (Lipinski definition) is 4. The maximum atomic E-state index is 5.17. The first-order valence-electron chi connectivity index (χ1n) is 6.64. The molecule has 0 saturated carbocycles. The van der Waals surface area contributed by atoms with Gasteiger partial charge < -0.3 is 10.1 Å². The highest BCUT2D eigenvalue weighted by Crippen LogP contribution is 2.28. The van der Waals surface area contributed by atoms with Crippen LogP contribution < -0.4 is 10.1 Å². The largest absolute Gasteiger partial charge is 0.497 e. The van der Waals surface area contributed by atoms with Crippen molar-refractivity contribution in [3.8, 4) is 17.1 Å². The summed E-state index contributed by atoms with van der Waals surface area (Å²) in [7, 11) is 1.66. The van der Waals surface area contributed by atoms with Gasteiger partial charge in [-0.05, 0) is 53.5 Å². The van der Waals surface area contributed by atoms with Gasteiger partial charge in [-0.3, -0.25) is 0 Å². The molecule has 0 saturated heterocycles. The van der Waals surface area contributed by atoms with E-state index in [-0.39, 0.29) is 0 Å². The highest BCUT2D eigenvalue weighted by atomic mass is 79.9. The second kappa shape index (κ2) is 6.70. The minimum atomic E-state index is 0.726. The average molecular weight is 336 g/mol. The van der Waals surface area contributed by atoms with Crippen LogP contribution in [0.2, 0.25) is 0 Å². The van der Waals surface area contributed by atoms with Crippen LogP contribution in [-0.4, -0.2) is 23.6 Å². The van der Waals surface area contributed by atoms with Crippen molar-refractivity contribution in [2.24, 2.45) is 0 Å². The van der Waals surface area contributed by atoms with E-state index in [0.717, 1.165) is 46.1 Å². The summed E-state index contributed by atoms with van der Waals surface area (Å²) < 4.78 is 6.11. The lowest BCUT2D eigenvalue weighted by Gasteiger charge is -2.11. The minimum absolute atomic E-state index is 0.726. The smallest absolute Gasteiger partial charge is 0.161 e. The zero-order valence-electron chi connectivity index (χ0n) is 11.9. The van der Waals surface area contributed by atoms with Crippen molar-refractivity contribution in [2.45, 2.75) is 20.3 Å². The molecule has 0 aliphatic heterocycles.